The highest BCUT2D eigenvalue weighted by Crippen LogP contribution is 2.31. The minimum absolute atomic E-state index is 0.00315. The lowest BCUT2D eigenvalue weighted by atomic mass is 10.0. The highest BCUT2D eigenvalue weighted by atomic mass is 35.5. The van der Waals surface area contributed by atoms with Gasteiger partial charge in [-0.2, -0.15) is 29.9 Å². The highest BCUT2D eigenvalue weighted by molar-refractivity contribution is 7.09. The van der Waals surface area contributed by atoms with Gasteiger partial charge < -0.3 is 54.9 Å². The van der Waals surface area contributed by atoms with E-state index in [-0.39, 0.29) is 141 Å². The van der Waals surface area contributed by atoms with Crippen LogP contribution in [0.1, 0.15) is 133 Å². The molecule has 0 saturated heterocycles. The zero-order chi connectivity index (χ0) is 103. The van der Waals surface area contributed by atoms with Crippen molar-refractivity contribution >= 4 is 112 Å². The molecule has 146 heavy (non-hydrogen) atoms. The molecule has 6 aromatic carbocycles. The van der Waals surface area contributed by atoms with Crippen LogP contribution in [0.3, 0.4) is 0 Å². The maximum atomic E-state index is 12.5. The standard InChI is InChI=1S/2C22H18N2O4.2C16H13ClN2O4.2C14H13N3O4S/c2*1-2-14-12-18(25)28-21-19(14)20(26)23-22(24-21)27-13-16-10-6-7-11-17(16)15-8-4-3-5-9-15;2*1-2-9-7-12(20)23-15-13(9)14(21)18-16(19-15)22-8-10-5-3-4-6-11(10)17;2*1-3-8-6-9(18)21-12-10(8)11(19)16-14(17-12)20-7(2)13-15-4-5-22-13/h2*3-12H,2,13H2,1H3,(H,23,24,26);2*3-7H,2,8H2,1H3,(H,18,19,21);2*4-7H,3H2,1-2H3,(H,16,17,19)/t;;;;2*7-/m....00/s1. The topological polar surface area (TPSA) is 537 Å². The molecule has 20 rings (SSSR count). The summed E-state index contributed by atoms with van der Waals surface area (Å²) in [5.41, 5.74) is 5.36. The van der Waals surface area contributed by atoms with Crippen molar-refractivity contribution < 1.29 is 54.9 Å². The Morgan fingerprint density at radius 1 is 0.281 bits per heavy atom. The maximum Gasteiger partial charge on any atom is 0.337 e. The molecule has 0 radical (unpaired) electrons. The van der Waals surface area contributed by atoms with Gasteiger partial charge in [-0.3, -0.25) is 58.7 Å². The van der Waals surface area contributed by atoms with Gasteiger partial charge in [0, 0.05) is 80.7 Å². The van der Waals surface area contributed by atoms with Crippen LogP contribution in [0.2, 0.25) is 10.0 Å². The van der Waals surface area contributed by atoms with E-state index in [1.807, 2.05) is 186 Å². The summed E-state index contributed by atoms with van der Waals surface area (Å²) in [5.74, 6) is 0. The summed E-state index contributed by atoms with van der Waals surface area (Å²) in [7, 11) is 0. The van der Waals surface area contributed by atoms with Crippen LogP contribution in [-0.2, 0) is 65.0 Å². The summed E-state index contributed by atoms with van der Waals surface area (Å²) < 4.78 is 63.8. The minimum Gasteiger partial charge on any atom is -0.460 e. The zero-order valence-corrected chi connectivity index (χ0v) is 82.1. The number of hydrogen-bond donors (Lipinski definition) is 6. The largest absolute Gasteiger partial charge is 0.460 e. The number of aryl methyl sites for hydroxylation is 6. The van der Waals surface area contributed by atoms with Gasteiger partial charge in [0.2, 0.25) is 34.3 Å². The smallest absolute Gasteiger partial charge is 0.337 e. The first-order valence-electron chi connectivity index (χ1n) is 45.4. The fourth-order valence-corrected chi connectivity index (χ4v) is 16.7. The van der Waals surface area contributed by atoms with Crippen LogP contribution in [0.15, 0.2) is 301 Å². The fourth-order valence-electron chi connectivity index (χ4n) is 15.0. The molecule has 0 spiro atoms. The van der Waals surface area contributed by atoms with Crippen LogP contribution in [0, 0.1) is 0 Å². The van der Waals surface area contributed by atoms with Crippen molar-refractivity contribution in [2.45, 2.75) is 133 Å². The molecule has 0 aliphatic heterocycles. The molecule has 38 nitrogen and oxygen atoms in total. The average Bonchev–Trinajstić information content (AvgIpc) is 0.811. The number of nitrogens with zero attached hydrogens (tertiary/aromatic N) is 8. The summed E-state index contributed by atoms with van der Waals surface area (Å²) in [6, 6.07) is 57.8. The van der Waals surface area contributed by atoms with Crippen molar-refractivity contribution in [1.29, 1.82) is 0 Å². The van der Waals surface area contributed by atoms with Gasteiger partial charge in [-0.1, -0.05) is 210 Å². The number of benzene rings is 6. The second-order valence-electron chi connectivity index (χ2n) is 31.6. The van der Waals surface area contributed by atoms with Gasteiger partial charge >= 0.3 is 45.8 Å². The van der Waals surface area contributed by atoms with E-state index in [0.29, 0.717) is 82.0 Å². The van der Waals surface area contributed by atoms with E-state index in [9.17, 15) is 57.5 Å². The molecule has 0 aliphatic carbocycles. The molecule has 0 unspecified atom stereocenters. The number of ether oxygens (including phenoxy) is 6. The third kappa shape index (κ3) is 25.3. The molecular weight excluding hydrogens is 1960 g/mol. The Labute approximate surface area is 840 Å². The van der Waals surface area contributed by atoms with Crippen molar-refractivity contribution in [3.8, 4) is 58.3 Å². The van der Waals surface area contributed by atoms with Gasteiger partial charge in [0.1, 0.15) is 68.8 Å². The van der Waals surface area contributed by atoms with Crippen LogP contribution in [-0.4, -0.2) is 69.8 Å². The molecule has 0 aliphatic rings. The lowest BCUT2D eigenvalue weighted by molar-refractivity contribution is 0.206. The number of H-pyrrole nitrogens is 6. The van der Waals surface area contributed by atoms with Crippen molar-refractivity contribution in [2.75, 3.05) is 0 Å². The number of thiazole rings is 2. The average molecular weight is 2050 g/mol. The molecule has 20 aromatic rings. The SMILES string of the molecule is CCc1cc(=O)oc2nc(OCc3ccccc3-c3ccccc3)[nH]c(=O)c12.CCc1cc(=O)oc2nc(OCc3ccccc3-c3ccccc3)[nH]c(=O)c12.CCc1cc(=O)oc2nc(OCc3ccccc3Cl)[nH]c(=O)c12.CCc1cc(=O)oc2nc(OCc3ccccc3Cl)[nH]c(=O)c12.CCc1cc(=O)oc2nc(O[C@@H](C)c3nccs3)[nH]c(=O)c12.CCc1cc(=O)oc2nc(O[C@@H](C)c3nccs3)[nH]c(=O)c12. The fraction of sp³-hybridized carbons (Fsp3) is 0.192. The first-order chi connectivity index (χ1) is 70.6. The van der Waals surface area contributed by atoms with Gasteiger partial charge in [-0.15, -0.1) is 22.7 Å². The van der Waals surface area contributed by atoms with E-state index in [0.717, 1.165) is 54.5 Å². The van der Waals surface area contributed by atoms with Crippen LogP contribution in [0.25, 0.3) is 88.9 Å². The number of halogens is 2. The Hall–Kier alpha value is -17.5. The molecule has 14 aromatic heterocycles. The van der Waals surface area contributed by atoms with Crippen LogP contribution in [0.4, 0.5) is 0 Å². The molecule has 6 N–H and O–H groups in total. The minimum atomic E-state index is -0.551. The van der Waals surface area contributed by atoms with Crippen LogP contribution < -0.4 is 95.5 Å². The third-order valence-corrected chi connectivity index (χ3v) is 24.7. The van der Waals surface area contributed by atoms with E-state index in [2.05, 4.69) is 69.8 Å². The van der Waals surface area contributed by atoms with E-state index in [1.54, 1.807) is 50.5 Å². The van der Waals surface area contributed by atoms with Crippen LogP contribution in [0.5, 0.6) is 36.1 Å². The Morgan fingerprint density at radius 3 is 0.740 bits per heavy atom. The van der Waals surface area contributed by atoms with E-state index >= 15 is 0 Å². The second kappa shape index (κ2) is 47.8. The van der Waals surface area contributed by atoms with Gasteiger partial charge in [0.25, 0.3) is 57.4 Å². The number of rotatable bonds is 26. The number of hydrogen-bond acceptors (Lipinski definition) is 34. The molecule has 42 heteroatoms. The molecule has 14 heterocycles. The van der Waals surface area contributed by atoms with Gasteiger partial charge in [0.05, 0.1) is 0 Å². The molecule has 0 amide bonds. The predicted molar refractivity (Wildman–Crippen MR) is 548 cm³/mol. The summed E-state index contributed by atoms with van der Waals surface area (Å²) in [5, 5.41) is 7.90. The maximum absolute atomic E-state index is 12.5. The number of aromatic amines is 6. The summed E-state index contributed by atoms with van der Waals surface area (Å²) in [6.45, 7) is 15.4. The van der Waals surface area contributed by atoms with Crippen molar-refractivity contribution in [2.24, 2.45) is 0 Å². The molecule has 0 fully saturated rings. The van der Waals surface area contributed by atoms with E-state index < -0.39 is 67.1 Å². The Kier molecular flexibility index (Phi) is 33.7. The quantitative estimate of drug-likeness (QED) is 0.0293. The normalized spacial score (nSPS) is 11.4. The number of aromatic nitrogens is 14. The summed E-state index contributed by atoms with van der Waals surface area (Å²) in [4.78, 5) is 192. The van der Waals surface area contributed by atoms with Gasteiger partial charge in [-0.25, -0.2) is 38.7 Å². The Morgan fingerprint density at radius 2 is 0.500 bits per heavy atom. The van der Waals surface area contributed by atoms with Gasteiger partial charge in [0.15, 0.2) is 12.2 Å². The van der Waals surface area contributed by atoms with Crippen molar-refractivity contribution in [1.82, 2.24) is 69.8 Å². The monoisotopic (exact) mass is 2050 g/mol. The second-order valence-corrected chi connectivity index (χ2v) is 34.3. The van der Waals surface area contributed by atoms with E-state index in [4.69, 9.17) is 78.1 Å². The van der Waals surface area contributed by atoms with Crippen molar-refractivity contribution in [3.63, 3.8) is 0 Å². The molecular formula is C104H88Cl2N14O24S2. The predicted octanol–water partition coefficient (Wildman–Crippen LogP) is 16.8. The number of fused-ring (bicyclic) bond motifs is 6. The molecule has 0 bridgehead atoms. The first kappa shape index (κ1) is 103. The summed E-state index contributed by atoms with van der Waals surface area (Å²) >= 11 is 15.0. The van der Waals surface area contributed by atoms with Crippen molar-refractivity contribution in [3.05, 3.63) is 418 Å². The Balaban J connectivity index is 0.000000132. The van der Waals surface area contributed by atoms with Crippen LogP contribution >= 0.6 is 45.9 Å². The molecule has 0 saturated carbocycles. The molecule has 2 atom stereocenters. The van der Waals surface area contributed by atoms with Gasteiger partial charge in [-0.05, 0) is 131 Å². The third-order valence-electron chi connectivity index (χ3n) is 22.1. The highest BCUT2D eigenvalue weighted by Gasteiger charge is 2.23. The Bertz CT molecular complexity index is 8400. The summed E-state index contributed by atoms with van der Waals surface area (Å²) in [6.07, 6.45) is 5.74. The lowest BCUT2D eigenvalue weighted by Gasteiger charge is -2.11. The first-order valence-corrected chi connectivity index (χ1v) is 47.9. The van der Waals surface area contributed by atoms with E-state index in [1.165, 1.54) is 59.1 Å². The zero-order valence-electron chi connectivity index (χ0n) is 79.0. The lowest BCUT2D eigenvalue weighted by Crippen LogP contribution is -2.16. The number of nitrogens with one attached hydrogen (secondary N) is 6. The molecule has 744 valence electrons.